The van der Waals surface area contributed by atoms with Crippen molar-refractivity contribution in [2.75, 3.05) is 7.11 Å². The number of methoxy groups -OCH3 is 1. The van der Waals surface area contributed by atoms with Crippen LogP contribution in [0.2, 0.25) is 5.02 Å². The molecule has 108 valence electrons. The van der Waals surface area contributed by atoms with Gasteiger partial charge in [-0.3, -0.25) is 4.79 Å². The molecule has 0 saturated carbocycles. The SMILES string of the molecule is COc1ccc2c(n1)C(Oc1ccc(Cl)cc1)CCC2=O. The molecule has 1 aromatic carbocycles. The molecule has 0 amide bonds. The van der Waals surface area contributed by atoms with Crippen molar-refractivity contribution in [3.63, 3.8) is 0 Å². The molecule has 4 nitrogen and oxygen atoms in total. The standard InChI is InChI=1S/C16H14ClNO3/c1-20-15-9-6-12-13(19)7-8-14(16(12)18-15)21-11-4-2-10(17)3-5-11/h2-6,9,14H,7-8H2,1H3. The number of pyridine rings is 1. The Bertz CT molecular complexity index is 670. The van der Waals surface area contributed by atoms with E-state index in [4.69, 9.17) is 21.1 Å². The number of ether oxygens (including phenoxy) is 2. The molecule has 1 aliphatic carbocycles. The fourth-order valence-electron chi connectivity index (χ4n) is 2.38. The minimum absolute atomic E-state index is 0.0936. The molecule has 21 heavy (non-hydrogen) atoms. The highest BCUT2D eigenvalue weighted by Gasteiger charge is 2.29. The lowest BCUT2D eigenvalue weighted by atomic mass is 9.92. The van der Waals surface area contributed by atoms with Gasteiger partial charge in [0.05, 0.1) is 12.8 Å². The van der Waals surface area contributed by atoms with Gasteiger partial charge >= 0.3 is 0 Å². The average Bonchev–Trinajstić information content (AvgIpc) is 2.52. The molecule has 0 radical (unpaired) electrons. The fraction of sp³-hybridized carbons (Fsp3) is 0.250. The van der Waals surface area contributed by atoms with Gasteiger partial charge in [-0.25, -0.2) is 4.98 Å². The zero-order valence-corrected chi connectivity index (χ0v) is 12.3. The molecule has 0 bridgehead atoms. The van der Waals surface area contributed by atoms with Gasteiger partial charge in [0.25, 0.3) is 0 Å². The van der Waals surface area contributed by atoms with E-state index >= 15 is 0 Å². The molecule has 2 aromatic rings. The zero-order valence-electron chi connectivity index (χ0n) is 11.5. The molecule has 0 saturated heterocycles. The van der Waals surface area contributed by atoms with Gasteiger partial charge in [0, 0.05) is 23.1 Å². The summed E-state index contributed by atoms with van der Waals surface area (Å²) in [7, 11) is 1.55. The summed E-state index contributed by atoms with van der Waals surface area (Å²) >= 11 is 5.87. The van der Waals surface area contributed by atoms with Crippen LogP contribution in [-0.4, -0.2) is 17.9 Å². The number of aromatic nitrogens is 1. The van der Waals surface area contributed by atoms with E-state index in [1.54, 1.807) is 43.5 Å². The van der Waals surface area contributed by atoms with E-state index in [2.05, 4.69) is 4.98 Å². The summed E-state index contributed by atoms with van der Waals surface area (Å²) in [4.78, 5) is 16.4. The largest absolute Gasteiger partial charge is 0.484 e. The summed E-state index contributed by atoms with van der Waals surface area (Å²) in [6.07, 6.45) is 0.808. The number of rotatable bonds is 3. The van der Waals surface area contributed by atoms with E-state index in [1.165, 1.54) is 0 Å². The normalized spacial score (nSPS) is 17.2. The second-order valence-corrected chi connectivity index (χ2v) is 5.25. The van der Waals surface area contributed by atoms with Crippen molar-refractivity contribution in [3.8, 4) is 11.6 Å². The first kappa shape index (κ1) is 13.9. The Hall–Kier alpha value is -2.07. The third-order valence-electron chi connectivity index (χ3n) is 3.44. The average molecular weight is 304 g/mol. The maximum atomic E-state index is 12.0. The lowest BCUT2D eigenvalue weighted by Crippen LogP contribution is -2.21. The van der Waals surface area contributed by atoms with E-state index in [0.29, 0.717) is 40.8 Å². The van der Waals surface area contributed by atoms with Crippen molar-refractivity contribution < 1.29 is 14.3 Å². The number of ketones is 1. The van der Waals surface area contributed by atoms with Gasteiger partial charge in [-0.1, -0.05) is 11.6 Å². The van der Waals surface area contributed by atoms with E-state index in [0.717, 1.165) is 0 Å². The number of nitrogens with zero attached hydrogens (tertiary/aromatic N) is 1. The molecule has 1 unspecified atom stereocenters. The first-order valence-corrected chi connectivity index (χ1v) is 7.05. The van der Waals surface area contributed by atoms with E-state index in [-0.39, 0.29) is 11.9 Å². The highest BCUT2D eigenvalue weighted by Crippen LogP contribution is 2.33. The quantitative estimate of drug-likeness (QED) is 0.864. The second-order valence-electron chi connectivity index (χ2n) is 4.81. The van der Waals surface area contributed by atoms with Crippen LogP contribution in [0.5, 0.6) is 11.6 Å². The third-order valence-corrected chi connectivity index (χ3v) is 3.69. The molecule has 5 heteroatoms. The van der Waals surface area contributed by atoms with Crippen LogP contribution in [0.4, 0.5) is 0 Å². The predicted octanol–water partition coefficient (Wildman–Crippen LogP) is 3.84. The number of carbonyl (C=O) groups is 1. The number of hydrogen-bond acceptors (Lipinski definition) is 4. The number of hydrogen-bond donors (Lipinski definition) is 0. The van der Waals surface area contributed by atoms with E-state index in [1.807, 2.05) is 0 Å². The van der Waals surface area contributed by atoms with Crippen LogP contribution in [0.3, 0.4) is 0 Å². The van der Waals surface area contributed by atoms with Gasteiger partial charge in [-0.15, -0.1) is 0 Å². The molecular weight excluding hydrogens is 290 g/mol. The smallest absolute Gasteiger partial charge is 0.213 e. The van der Waals surface area contributed by atoms with Crippen molar-refractivity contribution in [1.29, 1.82) is 0 Å². The van der Waals surface area contributed by atoms with Gasteiger partial charge in [0.2, 0.25) is 5.88 Å². The number of fused-ring (bicyclic) bond motifs is 1. The molecule has 0 fully saturated rings. The summed E-state index contributed by atoms with van der Waals surface area (Å²) in [5.74, 6) is 1.28. The lowest BCUT2D eigenvalue weighted by molar-refractivity contribution is 0.0914. The number of benzene rings is 1. The topological polar surface area (TPSA) is 48.4 Å². The summed E-state index contributed by atoms with van der Waals surface area (Å²) < 4.78 is 11.1. The molecule has 0 spiro atoms. The van der Waals surface area contributed by atoms with Gasteiger partial charge in [0.15, 0.2) is 5.78 Å². The van der Waals surface area contributed by atoms with Crippen LogP contribution in [-0.2, 0) is 0 Å². The molecule has 1 heterocycles. The number of halogens is 1. The Morgan fingerprint density at radius 1 is 1.19 bits per heavy atom. The van der Waals surface area contributed by atoms with Gasteiger partial charge in [0.1, 0.15) is 11.9 Å². The molecule has 1 atom stereocenters. The second kappa shape index (κ2) is 5.74. The third kappa shape index (κ3) is 2.85. The Kier molecular flexibility index (Phi) is 3.80. The molecule has 1 aromatic heterocycles. The van der Waals surface area contributed by atoms with Crippen LogP contribution in [0.25, 0.3) is 0 Å². The molecule has 3 rings (SSSR count). The van der Waals surface area contributed by atoms with Crippen LogP contribution >= 0.6 is 11.6 Å². The molecule has 0 aliphatic heterocycles. The van der Waals surface area contributed by atoms with Crippen molar-refractivity contribution in [3.05, 3.63) is 52.7 Å². The van der Waals surface area contributed by atoms with E-state index in [9.17, 15) is 4.79 Å². The highest BCUT2D eigenvalue weighted by atomic mass is 35.5. The highest BCUT2D eigenvalue weighted by molar-refractivity contribution is 6.30. The van der Waals surface area contributed by atoms with Gasteiger partial charge in [-0.2, -0.15) is 0 Å². The predicted molar refractivity (Wildman–Crippen MR) is 79.2 cm³/mol. The monoisotopic (exact) mass is 303 g/mol. The Labute approximate surface area is 127 Å². The van der Waals surface area contributed by atoms with Crippen LogP contribution in [0.1, 0.15) is 35.0 Å². The lowest BCUT2D eigenvalue weighted by Gasteiger charge is -2.24. The van der Waals surface area contributed by atoms with Gasteiger partial charge < -0.3 is 9.47 Å². The minimum atomic E-state index is -0.256. The zero-order chi connectivity index (χ0) is 14.8. The summed E-state index contributed by atoms with van der Waals surface area (Å²) in [6.45, 7) is 0. The first-order chi connectivity index (χ1) is 10.2. The van der Waals surface area contributed by atoms with Crippen LogP contribution in [0, 0.1) is 0 Å². The van der Waals surface area contributed by atoms with E-state index < -0.39 is 0 Å². The summed E-state index contributed by atoms with van der Waals surface area (Å²) in [5.41, 5.74) is 1.25. The number of carbonyl (C=O) groups excluding carboxylic acids is 1. The first-order valence-electron chi connectivity index (χ1n) is 6.68. The fourth-order valence-corrected chi connectivity index (χ4v) is 2.50. The van der Waals surface area contributed by atoms with Gasteiger partial charge in [-0.05, 0) is 36.8 Å². The number of Topliss-reactive ketones (excluding diaryl/α,β-unsaturated/α-hetero) is 1. The van der Waals surface area contributed by atoms with Crippen molar-refractivity contribution in [1.82, 2.24) is 4.98 Å². The van der Waals surface area contributed by atoms with Crippen LogP contribution in [0.15, 0.2) is 36.4 Å². The van der Waals surface area contributed by atoms with Crippen LogP contribution < -0.4 is 9.47 Å². The molecular formula is C16H14ClNO3. The summed E-state index contributed by atoms with van der Waals surface area (Å²) in [5, 5.41) is 0.654. The van der Waals surface area contributed by atoms with Crippen molar-refractivity contribution in [2.45, 2.75) is 18.9 Å². The molecule has 0 N–H and O–H groups in total. The van der Waals surface area contributed by atoms with Crippen molar-refractivity contribution in [2.24, 2.45) is 0 Å². The minimum Gasteiger partial charge on any atom is -0.484 e. The summed E-state index contributed by atoms with van der Waals surface area (Å²) in [6, 6.07) is 10.6. The Balaban J connectivity index is 1.92. The Morgan fingerprint density at radius 2 is 1.95 bits per heavy atom. The van der Waals surface area contributed by atoms with Crippen molar-refractivity contribution >= 4 is 17.4 Å². The maximum absolute atomic E-state index is 12.0. The molecule has 1 aliphatic rings. The maximum Gasteiger partial charge on any atom is 0.213 e. The Morgan fingerprint density at radius 3 is 2.67 bits per heavy atom.